The van der Waals surface area contributed by atoms with Crippen LogP contribution >= 0.6 is 15.9 Å². The van der Waals surface area contributed by atoms with Gasteiger partial charge in [-0.2, -0.15) is 0 Å². The molecular formula is C53H42BrF7O8S4. The van der Waals surface area contributed by atoms with Crippen molar-refractivity contribution in [2.24, 2.45) is 0 Å². The van der Waals surface area contributed by atoms with Crippen molar-refractivity contribution in [2.75, 3.05) is 0 Å². The molecule has 0 bridgehead atoms. The van der Waals surface area contributed by atoms with E-state index in [0.29, 0.717) is 11.6 Å². The van der Waals surface area contributed by atoms with E-state index in [4.69, 9.17) is 0 Å². The lowest BCUT2D eigenvalue weighted by Crippen LogP contribution is -2.25. The molecule has 0 heterocycles. The zero-order chi connectivity index (χ0) is 55.0. The van der Waals surface area contributed by atoms with Crippen LogP contribution in [0.4, 0.5) is 30.7 Å². The average Bonchev–Trinajstić information content (AvgIpc) is 3.33. The van der Waals surface area contributed by atoms with Gasteiger partial charge in [-0.05, 0) is 169 Å². The van der Waals surface area contributed by atoms with Crippen molar-refractivity contribution < 1.29 is 70.3 Å². The zero-order valence-corrected chi connectivity index (χ0v) is 43.3. The molecule has 0 unspecified atom stereocenters. The highest BCUT2D eigenvalue weighted by Crippen LogP contribution is 2.19. The van der Waals surface area contributed by atoms with Crippen LogP contribution < -0.4 is 20.4 Å². The van der Waals surface area contributed by atoms with E-state index in [1.807, 2.05) is 121 Å². The van der Waals surface area contributed by atoms with Crippen LogP contribution in [0.15, 0.2) is 212 Å². The topological polar surface area (TPSA) is 161 Å². The summed E-state index contributed by atoms with van der Waals surface area (Å²) >= 11 is 16.1. The quantitative estimate of drug-likeness (QED) is 0.110. The number of aromatic carboxylic acids is 4. The Morgan fingerprint density at radius 3 is 1.01 bits per heavy atom. The molecule has 0 aliphatic heterocycles. The van der Waals surface area contributed by atoms with Gasteiger partial charge in [0.15, 0.2) is 0 Å². The van der Waals surface area contributed by atoms with Gasteiger partial charge >= 0.3 is 0 Å². The van der Waals surface area contributed by atoms with E-state index in [2.05, 4.69) is 66.4 Å². The highest BCUT2D eigenvalue weighted by molar-refractivity contribution is 9.10. The van der Waals surface area contributed by atoms with E-state index in [1.165, 1.54) is 12.1 Å². The average molecular weight is 1150 g/mol. The van der Waals surface area contributed by atoms with Crippen LogP contribution in [0.2, 0.25) is 0 Å². The molecule has 0 radical (unpaired) electrons. The maximum Gasteiger partial charge on any atom is 0.150 e. The summed E-state index contributed by atoms with van der Waals surface area (Å²) in [5.74, 6) is -13.4. The Kier molecular flexibility index (Phi) is 30.9. The summed E-state index contributed by atoms with van der Waals surface area (Å²) < 4.78 is 86.8. The fourth-order valence-electron chi connectivity index (χ4n) is 4.57. The lowest BCUT2D eigenvalue weighted by Gasteiger charge is -2.05. The second kappa shape index (κ2) is 35.2. The Morgan fingerprint density at radius 2 is 0.726 bits per heavy atom. The molecule has 382 valence electrons. The van der Waals surface area contributed by atoms with Crippen molar-refractivity contribution in [3.8, 4) is 0 Å². The first-order valence-corrected chi connectivity index (χ1v) is 22.9. The molecule has 0 spiro atoms. The van der Waals surface area contributed by atoms with E-state index in [-0.39, 0.29) is 27.7 Å². The van der Waals surface area contributed by atoms with Crippen LogP contribution in [0.25, 0.3) is 0 Å². The molecule has 0 aromatic heterocycles. The summed E-state index contributed by atoms with van der Waals surface area (Å²) in [6, 6.07) is 49.7. The third-order valence-corrected chi connectivity index (χ3v) is 9.98. The van der Waals surface area contributed by atoms with Gasteiger partial charge in [0.25, 0.3) is 0 Å². The third-order valence-electron chi connectivity index (χ3n) is 8.04. The Hall–Kier alpha value is -6.97. The fourth-order valence-corrected chi connectivity index (χ4v) is 5.65. The van der Waals surface area contributed by atoms with Gasteiger partial charge in [-0.1, -0.05) is 91.0 Å². The molecule has 0 saturated carbocycles. The van der Waals surface area contributed by atoms with E-state index in [9.17, 15) is 70.3 Å². The number of hydrogen-bond donors (Lipinski definition) is 0. The number of carbonyl (C=O) groups excluding carboxylic acids is 4. The molecule has 0 fully saturated rings. The van der Waals surface area contributed by atoms with Gasteiger partial charge in [0.05, 0.1) is 33.9 Å². The van der Waals surface area contributed by atoms with Crippen molar-refractivity contribution in [3.63, 3.8) is 0 Å². The standard InChI is InChI=1S/C8H7FO2.C7H3BrF2O2.C7H3F3O2.C7H5FO2.4C6H6S/c1-5-2-3-6(9)4-7(5)8(10)11;8-4-2-5(9)3(7(11)12)1-6(4)10;8-3-1-4(9)6(7(11)12)5(10)2-3;8-6-3-1-5(2-4-6)7(9)10;4*7-6-4-2-1-3-5-6/h2-4H,1H3,(H,10,11);2*1-2H,(H,11,12);1-4H,(H,9,10);4*1-5,7H. The predicted molar refractivity (Wildman–Crippen MR) is 275 cm³/mol. The third kappa shape index (κ3) is 28.0. The molecule has 0 amide bonds. The van der Waals surface area contributed by atoms with E-state index in [0.717, 1.165) is 56.0 Å². The van der Waals surface area contributed by atoms with Crippen LogP contribution in [-0.2, 0) is 50.5 Å². The first-order chi connectivity index (χ1) is 34.4. The van der Waals surface area contributed by atoms with Gasteiger partial charge in [0.2, 0.25) is 0 Å². The second-order valence-corrected chi connectivity index (χ2v) is 16.7. The van der Waals surface area contributed by atoms with Crippen LogP contribution in [0, 0.1) is 47.6 Å². The van der Waals surface area contributed by atoms with Gasteiger partial charge in [-0.3, -0.25) is 0 Å². The Morgan fingerprint density at radius 1 is 0.370 bits per heavy atom. The molecule has 73 heavy (non-hydrogen) atoms. The van der Waals surface area contributed by atoms with E-state index in [1.54, 1.807) is 6.92 Å². The first kappa shape index (κ1) is 64.0. The molecule has 0 saturated heterocycles. The number of hydrogen-bond acceptors (Lipinski definition) is 8. The van der Waals surface area contributed by atoms with Crippen LogP contribution in [-0.4, -0.2) is 23.9 Å². The number of carboxylic acid groups (broad SMARTS) is 4. The molecule has 8 rings (SSSR count). The number of benzene rings is 8. The van der Waals surface area contributed by atoms with Crippen molar-refractivity contribution in [1.29, 1.82) is 0 Å². The molecule has 0 aliphatic carbocycles. The SMILES string of the molecule is Cc1ccc(F)cc1C(=O)[O-].O=C([O-])c1c(F)cc(F)cc1F.O=C([O-])c1cc(F)c(Br)cc1F.O=C([O-])c1ccc(F)cc1.[SH2+]c1ccccc1.[SH2+]c1ccccc1.[SH2+]c1ccccc1.[SH2+]c1ccccc1. The van der Waals surface area contributed by atoms with Gasteiger partial charge in [-0.15, -0.1) is 0 Å². The van der Waals surface area contributed by atoms with Crippen LogP contribution in [0.5, 0.6) is 0 Å². The van der Waals surface area contributed by atoms with Gasteiger partial charge in [-0.25, -0.2) is 30.7 Å². The minimum atomic E-state index is -2.01. The van der Waals surface area contributed by atoms with Crippen molar-refractivity contribution in [1.82, 2.24) is 0 Å². The maximum absolute atomic E-state index is 12.7. The summed E-state index contributed by atoms with van der Waals surface area (Å²) in [4.78, 5) is 45.1. The number of halogens is 8. The molecule has 8 aromatic rings. The van der Waals surface area contributed by atoms with Gasteiger partial charge in [0, 0.05) is 23.3 Å². The van der Waals surface area contributed by atoms with Crippen LogP contribution in [0.3, 0.4) is 0 Å². The number of aryl methyl sites for hydroxylation is 1. The number of rotatable bonds is 4. The lowest BCUT2D eigenvalue weighted by molar-refractivity contribution is -0.256. The molecule has 20 heteroatoms. The Balaban J connectivity index is 0.000000421. The molecular weight excluding hydrogens is 1110 g/mol. The van der Waals surface area contributed by atoms with E-state index < -0.39 is 75.7 Å². The monoisotopic (exact) mass is 1150 g/mol. The van der Waals surface area contributed by atoms with Crippen molar-refractivity contribution in [2.45, 2.75) is 26.5 Å². The molecule has 8 aromatic carbocycles. The second-order valence-electron chi connectivity index (χ2n) is 13.6. The van der Waals surface area contributed by atoms with Crippen LogP contribution in [0.1, 0.15) is 47.0 Å². The molecule has 0 aliphatic rings. The Labute approximate surface area is 445 Å². The molecule has 8 nitrogen and oxygen atoms in total. The highest BCUT2D eigenvalue weighted by Gasteiger charge is 2.12. The van der Waals surface area contributed by atoms with Gasteiger partial charge < -0.3 is 39.6 Å². The fraction of sp³-hybridized carbons (Fsp3) is 0.0189. The predicted octanol–water partition coefficient (Wildman–Crippen LogP) is 6.47. The summed E-state index contributed by atoms with van der Waals surface area (Å²) in [6.07, 6.45) is 0. The highest BCUT2D eigenvalue weighted by atomic mass is 79.9. The number of carboxylic acids is 4. The molecule has 0 N–H and O–H groups in total. The minimum absolute atomic E-state index is 0.0126. The molecule has 0 atom stereocenters. The maximum atomic E-state index is 12.7. The van der Waals surface area contributed by atoms with E-state index >= 15 is 0 Å². The van der Waals surface area contributed by atoms with Gasteiger partial charge in [0.1, 0.15) is 60.3 Å². The largest absolute Gasteiger partial charge is 0.545 e. The van der Waals surface area contributed by atoms with Crippen molar-refractivity contribution in [3.05, 3.63) is 261 Å². The first-order valence-electron chi connectivity index (χ1n) is 20.2. The summed E-state index contributed by atoms with van der Waals surface area (Å²) in [6.45, 7) is 1.59. The number of carbonyl (C=O) groups is 4. The summed E-state index contributed by atoms with van der Waals surface area (Å²) in [5.41, 5.74) is -1.63. The summed E-state index contributed by atoms with van der Waals surface area (Å²) in [5, 5.41) is 40.6. The Bertz CT molecular complexity index is 2780. The zero-order valence-electron chi connectivity index (χ0n) is 37.7. The summed E-state index contributed by atoms with van der Waals surface area (Å²) in [7, 11) is 0. The normalized spacial score (nSPS) is 9.33. The lowest BCUT2D eigenvalue weighted by atomic mass is 10.1. The van der Waals surface area contributed by atoms with Crippen molar-refractivity contribution >= 4 is 90.3 Å². The smallest absolute Gasteiger partial charge is 0.150 e. The minimum Gasteiger partial charge on any atom is -0.545 e.